The summed E-state index contributed by atoms with van der Waals surface area (Å²) in [5.74, 6) is -0.331. The number of anilines is 1. The normalized spacial score (nSPS) is 10.5. The van der Waals surface area contributed by atoms with E-state index in [4.69, 9.17) is 35.4 Å². The van der Waals surface area contributed by atoms with Crippen molar-refractivity contribution < 1.29 is 4.79 Å². The Hall–Kier alpha value is -2.15. The van der Waals surface area contributed by atoms with Crippen LogP contribution in [0.25, 0.3) is 0 Å². The van der Waals surface area contributed by atoms with Crippen molar-refractivity contribution in [3.63, 3.8) is 0 Å². The average Bonchev–Trinajstić information content (AvgIpc) is 2.57. The van der Waals surface area contributed by atoms with Gasteiger partial charge in [0.25, 0.3) is 5.91 Å². The van der Waals surface area contributed by atoms with Crippen LogP contribution in [0.5, 0.6) is 0 Å². The number of nitrogens with zero attached hydrogens (tertiary/aromatic N) is 1. The summed E-state index contributed by atoms with van der Waals surface area (Å²) >= 11 is 17.0. The second-order valence-corrected chi connectivity index (χ2v) is 6.18. The molecule has 0 bridgehead atoms. The van der Waals surface area contributed by atoms with Crippen LogP contribution in [0.3, 0.4) is 0 Å². The Morgan fingerprint density at radius 3 is 2.56 bits per heavy atom. The Morgan fingerprint density at radius 1 is 1.20 bits per heavy atom. The van der Waals surface area contributed by atoms with Crippen LogP contribution in [0, 0.1) is 0 Å². The number of carbonyl (C=O) groups is 1. The molecule has 0 fully saturated rings. The number of hydrogen-bond donors (Lipinski definition) is 3. The van der Waals surface area contributed by atoms with E-state index in [-0.39, 0.29) is 5.91 Å². The zero-order valence-electron chi connectivity index (χ0n) is 13.3. The number of nitrogens with one attached hydrogen (secondary N) is 3. The van der Waals surface area contributed by atoms with Crippen LogP contribution >= 0.6 is 35.4 Å². The Bertz CT molecular complexity index is 794. The summed E-state index contributed by atoms with van der Waals surface area (Å²) in [6, 6.07) is 11.9. The number of benzene rings is 2. The molecule has 1 amide bonds. The van der Waals surface area contributed by atoms with Gasteiger partial charge in [-0.1, -0.05) is 29.3 Å². The van der Waals surface area contributed by atoms with Crippen LogP contribution in [0.2, 0.25) is 10.0 Å². The fourth-order valence-electron chi connectivity index (χ4n) is 1.87. The van der Waals surface area contributed by atoms with Crippen molar-refractivity contribution >= 4 is 58.3 Å². The highest BCUT2D eigenvalue weighted by atomic mass is 35.5. The minimum atomic E-state index is -0.331. The highest BCUT2D eigenvalue weighted by Crippen LogP contribution is 2.19. The highest BCUT2D eigenvalue weighted by molar-refractivity contribution is 7.80. The molecule has 0 spiro atoms. The monoisotopic (exact) mass is 394 g/mol. The number of thiocarbonyl (C=S) groups is 1. The van der Waals surface area contributed by atoms with Crippen LogP contribution in [0.15, 0.2) is 47.6 Å². The SMILES string of the molecule is CCNC(=S)Nc1ccc(C(=O)NN=Cc2ccc(Cl)cc2Cl)cc1. The van der Waals surface area contributed by atoms with E-state index in [9.17, 15) is 4.79 Å². The van der Waals surface area contributed by atoms with E-state index in [1.54, 1.807) is 42.5 Å². The van der Waals surface area contributed by atoms with Gasteiger partial charge in [-0.3, -0.25) is 4.79 Å². The zero-order valence-corrected chi connectivity index (χ0v) is 15.7. The Kier molecular flexibility index (Phi) is 7.18. The fraction of sp³-hybridized carbons (Fsp3) is 0.118. The van der Waals surface area contributed by atoms with Gasteiger partial charge in [0, 0.05) is 28.4 Å². The van der Waals surface area contributed by atoms with E-state index in [2.05, 4.69) is 21.2 Å². The first-order valence-corrected chi connectivity index (χ1v) is 8.59. The first-order valence-electron chi connectivity index (χ1n) is 7.43. The minimum absolute atomic E-state index is 0.331. The molecule has 0 aliphatic carbocycles. The van der Waals surface area contributed by atoms with E-state index < -0.39 is 0 Å². The number of hydrazone groups is 1. The first-order chi connectivity index (χ1) is 12.0. The van der Waals surface area contributed by atoms with Crippen LogP contribution in [-0.4, -0.2) is 23.8 Å². The van der Waals surface area contributed by atoms with Gasteiger partial charge in [0.2, 0.25) is 0 Å². The van der Waals surface area contributed by atoms with Crippen molar-refractivity contribution in [1.29, 1.82) is 0 Å². The van der Waals surface area contributed by atoms with Gasteiger partial charge in [-0.25, -0.2) is 5.43 Å². The number of hydrogen-bond acceptors (Lipinski definition) is 3. The molecule has 25 heavy (non-hydrogen) atoms. The summed E-state index contributed by atoms with van der Waals surface area (Å²) in [6.45, 7) is 2.70. The van der Waals surface area contributed by atoms with Crippen molar-refractivity contribution in [2.45, 2.75) is 6.92 Å². The number of amides is 1. The smallest absolute Gasteiger partial charge is 0.271 e. The van der Waals surface area contributed by atoms with E-state index in [1.807, 2.05) is 6.92 Å². The predicted molar refractivity (Wildman–Crippen MR) is 108 cm³/mol. The molecule has 0 aliphatic rings. The lowest BCUT2D eigenvalue weighted by Gasteiger charge is -2.09. The maximum Gasteiger partial charge on any atom is 0.271 e. The molecule has 130 valence electrons. The zero-order chi connectivity index (χ0) is 18.2. The molecule has 8 heteroatoms. The second-order valence-electron chi connectivity index (χ2n) is 4.93. The minimum Gasteiger partial charge on any atom is -0.363 e. The molecule has 0 heterocycles. The molecule has 0 aliphatic heterocycles. The first kappa shape index (κ1) is 19.2. The number of rotatable bonds is 5. The maximum absolute atomic E-state index is 12.1. The molecule has 3 N–H and O–H groups in total. The largest absolute Gasteiger partial charge is 0.363 e. The van der Waals surface area contributed by atoms with Crippen LogP contribution in [0.4, 0.5) is 5.69 Å². The van der Waals surface area contributed by atoms with E-state index in [1.165, 1.54) is 6.21 Å². The van der Waals surface area contributed by atoms with Crippen LogP contribution in [0.1, 0.15) is 22.8 Å². The van der Waals surface area contributed by atoms with Crippen molar-refractivity contribution in [1.82, 2.24) is 10.7 Å². The van der Waals surface area contributed by atoms with Crippen LogP contribution in [-0.2, 0) is 0 Å². The molecule has 0 unspecified atom stereocenters. The van der Waals surface area contributed by atoms with Gasteiger partial charge < -0.3 is 10.6 Å². The lowest BCUT2D eigenvalue weighted by Crippen LogP contribution is -2.27. The van der Waals surface area contributed by atoms with Gasteiger partial charge >= 0.3 is 0 Å². The Labute approximate surface area is 161 Å². The van der Waals surface area contributed by atoms with Crippen molar-refractivity contribution in [3.05, 3.63) is 63.6 Å². The van der Waals surface area contributed by atoms with Crippen molar-refractivity contribution in [2.24, 2.45) is 5.10 Å². The van der Waals surface area contributed by atoms with Gasteiger partial charge in [0.05, 0.1) is 11.2 Å². The molecule has 0 atom stereocenters. The molecule has 2 aromatic rings. The summed E-state index contributed by atoms with van der Waals surface area (Å²) in [6.07, 6.45) is 1.46. The van der Waals surface area contributed by atoms with Gasteiger partial charge in [0.1, 0.15) is 0 Å². The van der Waals surface area contributed by atoms with Gasteiger partial charge in [-0.05, 0) is 55.5 Å². The highest BCUT2D eigenvalue weighted by Gasteiger charge is 2.05. The molecule has 2 aromatic carbocycles. The van der Waals surface area contributed by atoms with Crippen molar-refractivity contribution in [2.75, 3.05) is 11.9 Å². The summed E-state index contributed by atoms with van der Waals surface area (Å²) in [7, 11) is 0. The molecule has 0 aromatic heterocycles. The lowest BCUT2D eigenvalue weighted by atomic mass is 10.2. The summed E-state index contributed by atoms with van der Waals surface area (Å²) in [4.78, 5) is 12.1. The molecular weight excluding hydrogens is 379 g/mol. The van der Waals surface area contributed by atoms with Gasteiger partial charge in [-0.2, -0.15) is 5.10 Å². The lowest BCUT2D eigenvalue weighted by molar-refractivity contribution is 0.0955. The van der Waals surface area contributed by atoms with E-state index >= 15 is 0 Å². The quantitative estimate of drug-likeness (QED) is 0.406. The molecule has 2 rings (SSSR count). The third kappa shape index (κ3) is 6.01. The van der Waals surface area contributed by atoms with Crippen molar-refractivity contribution in [3.8, 4) is 0 Å². The second kappa shape index (κ2) is 9.36. The fourth-order valence-corrected chi connectivity index (χ4v) is 2.59. The van der Waals surface area contributed by atoms with Gasteiger partial charge in [-0.15, -0.1) is 0 Å². The van der Waals surface area contributed by atoms with E-state index in [0.717, 1.165) is 12.2 Å². The molecule has 0 saturated heterocycles. The topological polar surface area (TPSA) is 65.5 Å². The average molecular weight is 395 g/mol. The van der Waals surface area contributed by atoms with Gasteiger partial charge in [0.15, 0.2) is 5.11 Å². The standard InChI is InChI=1S/C17H16Cl2N4OS/c1-2-20-17(25)22-14-7-4-11(5-8-14)16(24)23-21-10-12-3-6-13(18)9-15(12)19/h3-10H,2H2,1H3,(H,23,24)(H2,20,22,25). The Balaban J connectivity index is 1.94. The number of halogens is 2. The molecule has 0 radical (unpaired) electrons. The molecular formula is C17H16Cl2N4OS. The molecule has 5 nitrogen and oxygen atoms in total. The molecule has 0 saturated carbocycles. The van der Waals surface area contributed by atoms with Crippen LogP contribution < -0.4 is 16.1 Å². The summed E-state index contributed by atoms with van der Waals surface area (Å²) in [5.41, 5.74) is 4.37. The Morgan fingerprint density at radius 2 is 1.92 bits per heavy atom. The predicted octanol–water partition coefficient (Wildman–Crippen LogP) is 4.06. The van der Waals surface area contributed by atoms with E-state index in [0.29, 0.717) is 26.3 Å². The summed E-state index contributed by atoms with van der Waals surface area (Å²) in [5, 5.41) is 11.4. The third-order valence-electron chi connectivity index (χ3n) is 3.07. The third-order valence-corrected chi connectivity index (χ3v) is 3.88. The summed E-state index contributed by atoms with van der Waals surface area (Å²) < 4.78 is 0. The number of carbonyl (C=O) groups excluding carboxylic acids is 1. The maximum atomic E-state index is 12.1.